The molecule has 0 aromatic heterocycles. The van der Waals surface area contributed by atoms with Gasteiger partial charge in [0.25, 0.3) is 0 Å². The number of benzene rings is 1. The third-order valence-electron chi connectivity index (χ3n) is 8.43. The fraction of sp³-hybridized carbons (Fsp3) is 0.704. The molecule has 1 saturated carbocycles. The van der Waals surface area contributed by atoms with E-state index in [1.54, 1.807) is 0 Å². The molecule has 2 unspecified atom stereocenters. The Bertz CT molecular complexity index is 929. The Kier molecular flexibility index (Phi) is 7.32. The number of piperidine rings is 2. The third kappa shape index (κ3) is 5.57. The van der Waals surface area contributed by atoms with Crippen molar-refractivity contribution in [3.8, 4) is 0 Å². The van der Waals surface area contributed by atoms with Crippen LogP contribution in [0.15, 0.2) is 24.3 Å². The highest BCUT2D eigenvalue weighted by atomic mass is 19.4. The number of hydrogen-bond acceptors (Lipinski definition) is 4. The number of hydrogen-bond donors (Lipinski definition) is 0. The highest BCUT2D eigenvalue weighted by molar-refractivity contribution is 5.81. The number of Topliss-reactive ketones (excluding diaryl/α,β-unsaturated/α-hetero) is 1. The molecule has 0 N–H and O–H groups in total. The number of urea groups is 1. The van der Waals surface area contributed by atoms with Crippen molar-refractivity contribution < 1.29 is 32.2 Å². The molecule has 1 aliphatic carbocycles. The van der Waals surface area contributed by atoms with Gasteiger partial charge in [0.1, 0.15) is 5.78 Å². The van der Waals surface area contributed by atoms with E-state index in [1.165, 1.54) is 12.1 Å². The maximum absolute atomic E-state index is 13.5. The van der Waals surface area contributed by atoms with Crippen LogP contribution in [0.4, 0.5) is 18.0 Å². The van der Waals surface area contributed by atoms with Crippen molar-refractivity contribution in [2.24, 2.45) is 11.8 Å². The van der Waals surface area contributed by atoms with E-state index >= 15 is 0 Å². The Morgan fingerprint density at radius 3 is 2.19 bits per heavy atom. The first kappa shape index (κ1) is 25.5. The van der Waals surface area contributed by atoms with E-state index in [1.807, 2.05) is 9.80 Å². The number of ketones is 1. The molecule has 198 valence electrons. The summed E-state index contributed by atoms with van der Waals surface area (Å²) in [6.07, 6.45) is 2.04. The van der Waals surface area contributed by atoms with Crippen LogP contribution >= 0.6 is 0 Å². The second-order valence-electron chi connectivity index (χ2n) is 10.9. The number of likely N-dealkylation sites (tertiary alicyclic amines) is 2. The minimum absolute atomic E-state index is 0.000671. The van der Waals surface area contributed by atoms with Crippen molar-refractivity contribution >= 4 is 11.8 Å². The summed E-state index contributed by atoms with van der Waals surface area (Å²) < 4.78 is 50.8. The van der Waals surface area contributed by atoms with Crippen LogP contribution in [0.1, 0.15) is 68.4 Å². The van der Waals surface area contributed by atoms with Crippen molar-refractivity contribution in [3.63, 3.8) is 0 Å². The molecule has 1 aromatic carbocycles. The quantitative estimate of drug-likeness (QED) is 0.560. The van der Waals surface area contributed by atoms with Gasteiger partial charge in [-0.25, -0.2) is 4.79 Å². The van der Waals surface area contributed by atoms with Crippen LogP contribution in [0.5, 0.6) is 0 Å². The first-order chi connectivity index (χ1) is 17.2. The Hall–Kier alpha value is -2.13. The van der Waals surface area contributed by atoms with Crippen LogP contribution in [0.3, 0.4) is 0 Å². The lowest BCUT2D eigenvalue weighted by molar-refractivity contribution is -0.182. The summed E-state index contributed by atoms with van der Waals surface area (Å²) in [7, 11) is 0. The Labute approximate surface area is 210 Å². The van der Waals surface area contributed by atoms with Gasteiger partial charge >= 0.3 is 12.2 Å². The maximum atomic E-state index is 13.5. The number of rotatable bonds is 4. The lowest BCUT2D eigenvalue weighted by Crippen LogP contribution is -2.54. The number of alkyl halides is 3. The normalized spacial score (nSPS) is 27.1. The molecule has 0 bridgehead atoms. The van der Waals surface area contributed by atoms with Crippen molar-refractivity contribution in [1.82, 2.24) is 9.80 Å². The minimum atomic E-state index is -4.39. The molecule has 2 atom stereocenters. The summed E-state index contributed by atoms with van der Waals surface area (Å²) in [5, 5.41) is 0. The van der Waals surface area contributed by atoms with E-state index in [-0.39, 0.29) is 29.6 Å². The smallest absolute Gasteiger partial charge is 0.347 e. The van der Waals surface area contributed by atoms with E-state index in [9.17, 15) is 22.8 Å². The topological polar surface area (TPSA) is 59.1 Å². The van der Waals surface area contributed by atoms with Gasteiger partial charge in [-0.05, 0) is 42.9 Å². The first-order valence-corrected chi connectivity index (χ1v) is 13.2. The average molecular weight is 509 g/mol. The Morgan fingerprint density at radius 2 is 1.58 bits per heavy atom. The summed E-state index contributed by atoms with van der Waals surface area (Å²) in [5.74, 6) is -0.291. The first-order valence-electron chi connectivity index (χ1n) is 13.2. The number of carbonyl (C=O) groups excluding carboxylic acids is 2. The number of carbonyl (C=O) groups is 2. The Morgan fingerprint density at radius 1 is 0.944 bits per heavy atom. The SMILES string of the molecule is O=C(CC1CC(c2ccc(C(F)(F)F)cc2)CN(C(=O)N2CCC3(CC2)OCCO3)C1)C1CCCC1. The standard InChI is InChI=1S/C27H35F3N2O4/c28-27(29,30)23-7-5-20(6-8-23)22-15-19(16-24(33)21-3-1-2-4-21)17-32(18-22)25(34)31-11-9-26(10-12-31)35-13-14-36-26/h5-8,19,21-22H,1-4,9-18H2. The van der Waals surface area contributed by atoms with Crippen LogP contribution in [0.25, 0.3) is 0 Å². The van der Waals surface area contributed by atoms with E-state index < -0.39 is 17.5 Å². The summed E-state index contributed by atoms with van der Waals surface area (Å²) in [4.78, 5) is 30.1. The lowest BCUT2D eigenvalue weighted by atomic mass is 9.80. The monoisotopic (exact) mass is 508 g/mol. The molecule has 5 rings (SSSR count). The summed E-state index contributed by atoms with van der Waals surface area (Å²) >= 11 is 0. The number of amides is 2. The zero-order valence-corrected chi connectivity index (χ0v) is 20.6. The van der Waals surface area contributed by atoms with Crippen LogP contribution in [-0.4, -0.2) is 66.8 Å². The summed E-state index contributed by atoms with van der Waals surface area (Å²) in [6, 6.07) is 5.20. The fourth-order valence-electron chi connectivity index (χ4n) is 6.42. The third-order valence-corrected chi connectivity index (χ3v) is 8.43. The van der Waals surface area contributed by atoms with E-state index in [4.69, 9.17) is 9.47 Å². The predicted octanol–water partition coefficient (Wildman–Crippen LogP) is 5.22. The molecule has 4 fully saturated rings. The van der Waals surface area contributed by atoms with Gasteiger partial charge in [-0.1, -0.05) is 25.0 Å². The van der Waals surface area contributed by atoms with E-state index in [0.717, 1.165) is 43.4 Å². The lowest BCUT2D eigenvalue weighted by Gasteiger charge is -2.43. The maximum Gasteiger partial charge on any atom is 0.416 e. The molecule has 3 saturated heterocycles. The molecular formula is C27H35F3N2O4. The van der Waals surface area contributed by atoms with Gasteiger partial charge in [0.2, 0.25) is 0 Å². The molecule has 1 spiro atoms. The highest BCUT2D eigenvalue weighted by Crippen LogP contribution is 2.37. The zero-order chi connectivity index (χ0) is 25.3. The van der Waals surface area contributed by atoms with Crippen molar-refractivity contribution in [2.75, 3.05) is 39.4 Å². The molecule has 6 nitrogen and oxygen atoms in total. The number of halogens is 3. The van der Waals surface area contributed by atoms with Crippen molar-refractivity contribution in [3.05, 3.63) is 35.4 Å². The van der Waals surface area contributed by atoms with Crippen LogP contribution in [-0.2, 0) is 20.4 Å². The molecular weight excluding hydrogens is 473 g/mol. The van der Waals surface area contributed by atoms with Crippen LogP contribution < -0.4 is 0 Å². The van der Waals surface area contributed by atoms with Crippen LogP contribution in [0, 0.1) is 11.8 Å². The van der Waals surface area contributed by atoms with Crippen LogP contribution in [0.2, 0.25) is 0 Å². The molecule has 0 radical (unpaired) electrons. The van der Waals surface area contributed by atoms with Gasteiger partial charge in [0.15, 0.2) is 5.79 Å². The molecule has 1 aromatic rings. The molecule has 2 amide bonds. The summed E-state index contributed by atoms with van der Waals surface area (Å²) in [6.45, 7) is 3.16. The average Bonchev–Trinajstić information content (AvgIpc) is 3.57. The largest absolute Gasteiger partial charge is 0.416 e. The molecule has 9 heteroatoms. The number of ether oxygens (including phenoxy) is 2. The second kappa shape index (κ2) is 10.3. The van der Waals surface area contributed by atoms with Gasteiger partial charge in [-0.15, -0.1) is 0 Å². The Balaban J connectivity index is 1.29. The molecule has 36 heavy (non-hydrogen) atoms. The molecule has 4 aliphatic rings. The van der Waals surface area contributed by atoms with Gasteiger partial charge in [-0.3, -0.25) is 4.79 Å². The zero-order valence-electron chi connectivity index (χ0n) is 20.6. The van der Waals surface area contributed by atoms with Gasteiger partial charge in [-0.2, -0.15) is 13.2 Å². The van der Waals surface area contributed by atoms with Gasteiger partial charge in [0, 0.05) is 57.3 Å². The molecule has 3 heterocycles. The predicted molar refractivity (Wildman–Crippen MR) is 126 cm³/mol. The van der Waals surface area contributed by atoms with E-state index in [0.29, 0.717) is 65.1 Å². The minimum Gasteiger partial charge on any atom is -0.347 e. The van der Waals surface area contributed by atoms with Crippen molar-refractivity contribution in [2.45, 2.75) is 69.2 Å². The second-order valence-corrected chi connectivity index (χ2v) is 10.9. The highest BCUT2D eigenvalue weighted by Gasteiger charge is 2.43. The van der Waals surface area contributed by atoms with Crippen molar-refractivity contribution in [1.29, 1.82) is 0 Å². The van der Waals surface area contributed by atoms with Gasteiger partial charge in [0.05, 0.1) is 18.8 Å². The summed E-state index contributed by atoms with van der Waals surface area (Å²) in [5.41, 5.74) is 0.103. The van der Waals surface area contributed by atoms with Gasteiger partial charge < -0.3 is 19.3 Å². The number of nitrogens with zero attached hydrogens (tertiary/aromatic N) is 2. The van der Waals surface area contributed by atoms with E-state index in [2.05, 4.69) is 0 Å². The fourth-order valence-corrected chi connectivity index (χ4v) is 6.42. The molecule has 3 aliphatic heterocycles.